The SMILES string of the molecule is COc1ccc2cc(O[C@@H]3C[C@H]4CC[C@@H](C3)N4C)ccc2c1. The molecule has 0 spiro atoms. The second-order valence-electron chi connectivity index (χ2n) is 6.64. The quantitative estimate of drug-likeness (QED) is 0.859. The summed E-state index contributed by atoms with van der Waals surface area (Å²) in [6.45, 7) is 0. The summed E-state index contributed by atoms with van der Waals surface area (Å²) in [6, 6.07) is 14.0. The van der Waals surface area contributed by atoms with Crippen LogP contribution in [-0.2, 0) is 0 Å². The van der Waals surface area contributed by atoms with Crippen molar-refractivity contribution in [1.82, 2.24) is 4.90 Å². The van der Waals surface area contributed by atoms with Crippen LogP contribution in [-0.4, -0.2) is 37.2 Å². The summed E-state index contributed by atoms with van der Waals surface area (Å²) >= 11 is 0. The molecule has 0 unspecified atom stereocenters. The molecule has 2 heterocycles. The number of hydrogen-bond donors (Lipinski definition) is 0. The standard InChI is InChI=1S/C19H23NO2/c1-20-15-5-6-16(20)12-19(11-15)22-18-8-4-13-9-17(21-2)7-3-14(13)10-18/h3-4,7-10,15-16,19H,5-6,11-12H2,1-2H3/t15-,16+,19-. The van der Waals surface area contributed by atoms with E-state index in [0.29, 0.717) is 18.2 Å². The van der Waals surface area contributed by atoms with Gasteiger partial charge >= 0.3 is 0 Å². The Morgan fingerprint density at radius 1 is 0.909 bits per heavy atom. The van der Waals surface area contributed by atoms with Crippen LogP contribution in [0.1, 0.15) is 25.7 Å². The van der Waals surface area contributed by atoms with E-state index in [0.717, 1.165) is 24.3 Å². The fourth-order valence-corrected chi connectivity index (χ4v) is 4.05. The highest BCUT2D eigenvalue weighted by atomic mass is 16.5. The number of hydrogen-bond acceptors (Lipinski definition) is 3. The average molecular weight is 297 g/mol. The van der Waals surface area contributed by atoms with Gasteiger partial charge in [0, 0.05) is 12.1 Å². The average Bonchev–Trinajstić information content (AvgIpc) is 2.75. The van der Waals surface area contributed by atoms with Crippen LogP contribution in [0.25, 0.3) is 10.8 Å². The van der Waals surface area contributed by atoms with E-state index in [2.05, 4.69) is 42.3 Å². The third-order valence-electron chi connectivity index (χ3n) is 5.38. The maximum atomic E-state index is 6.29. The van der Waals surface area contributed by atoms with Gasteiger partial charge in [0.2, 0.25) is 0 Å². The lowest BCUT2D eigenvalue weighted by atomic mass is 10.0. The minimum Gasteiger partial charge on any atom is -0.497 e. The van der Waals surface area contributed by atoms with Crippen LogP contribution < -0.4 is 9.47 Å². The molecule has 2 aliphatic heterocycles. The Morgan fingerprint density at radius 2 is 1.50 bits per heavy atom. The van der Waals surface area contributed by atoms with Gasteiger partial charge in [0.25, 0.3) is 0 Å². The molecular weight excluding hydrogens is 274 g/mol. The molecule has 3 atom stereocenters. The molecule has 22 heavy (non-hydrogen) atoms. The monoisotopic (exact) mass is 297 g/mol. The van der Waals surface area contributed by atoms with Gasteiger partial charge in [0.15, 0.2) is 0 Å². The van der Waals surface area contributed by atoms with E-state index in [9.17, 15) is 0 Å². The van der Waals surface area contributed by atoms with E-state index in [-0.39, 0.29) is 0 Å². The fraction of sp³-hybridized carbons (Fsp3) is 0.474. The molecule has 0 amide bonds. The van der Waals surface area contributed by atoms with Crippen molar-refractivity contribution in [2.45, 2.75) is 43.9 Å². The second-order valence-corrected chi connectivity index (χ2v) is 6.64. The number of nitrogens with zero attached hydrogens (tertiary/aromatic N) is 1. The number of fused-ring (bicyclic) bond motifs is 3. The van der Waals surface area contributed by atoms with Gasteiger partial charge in [0.1, 0.15) is 17.6 Å². The summed E-state index contributed by atoms with van der Waals surface area (Å²) in [5.74, 6) is 1.89. The van der Waals surface area contributed by atoms with Crippen LogP contribution in [0.15, 0.2) is 36.4 Å². The van der Waals surface area contributed by atoms with E-state index >= 15 is 0 Å². The Bertz CT molecular complexity index is 670. The molecular formula is C19H23NO2. The van der Waals surface area contributed by atoms with Gasteiger partial charge in [0.05, 0.1) is 7.11 Å². The first-order valence-corrected chi connectivity index (χ1v) is 8.19. The van der Waals surface area contributed by atoms with Gasteiger partial charge in [-0.1, -0.05) is 12.1 Å². The van der Waals surface area contributed by atoms with Crippen LogP contribution in [0.2, 0.25) is 0 Å². The molecule has 0 aliphatic carbocycles. The van der Waals surface area contributed by atoms with Crippen molar-refractivity contribution in [3.05, 3.63) is 36.4 Å². The molecule has 0 saturated carbocycles. The maximum absolute atomic E-state index is 6.29. The first kappa shape index (κ1) is 13.9. The zero-order valence-corrected chi connectivity index (χ0v) is 13.3. The lowest BCUT2D eigenvalue weighted by Crippen LogP contribution is -2.43. The first-order chi connectivity index (χ1) is 10.7. The molecule has 3 heteroatoms. The van der Waals surface area contributed by atoms with Crippen LogP contribution in [0.3, 0.4) is 0 Å². The largest absolute Gasteiger partial charge is 0.497 e. The van der Waals surface area contributed by atoms with E-state index < -0.39 is 0 Å². The van der Waals surface area contributed by atoms with Crippen LogP contribution in [0.5, 0.6) is 11.5 Å². The van der Waals surface area contributed by atoms with Crippen molar-refractivity contribution in [3.63, 3.8) is 0 Å². The predicted molar refractivity (Wildman–Crippen MR) is 88.7 cm³/mol. The molecule has 0 radical (unpaired) electrons. The highest BCUT2D eigenvalue weighted by Crippen LogP contribution is 2.36. The fourth-order valence-electron chi connectivity index (χ4n) is 4.05. The van der Waals surface area contributed by atoms with Crippen molar-refractivity contribution in [2.75, 3.05) is 14.2 Å². The molecule has 2 saturated heterocycles. The zero-order chi connectivity index (χ0) is 15.1. The summed E-state index contributed by atoms with van der Waals surface area (Å²) in [4.78, 5) is 2.55. The van der Waals surface area contributed by atoms with Gasteiger partial charge in [-0.15, -0.1) is 0 Å². The molecule has 4 rings (SSSR count). The molecule has 3 nitrogen and oxygen atoms in total. The van der Waals surface area contributed by atoms with Crippen molar-refractivity contribution < 1.29 is 9.47 Å². The zero-order valence-electron chi connectivity index (χ0n) is 13.3. The molecule has 0 aromatic heterocycles. The van der Waals surface area contributed by atoms with E-state index in [1.54, 1.807) is 7.11 Å². The first-order valence-electron chi connectivity index (χ1n) is 8.19. The van der Waals surface area contributed by atoms with E-state index in [4.69, 9.17) is 9.47 Å². The van der Waals surface area contributed by atoms with Gasteiger partial charge in [-0.3, -0.25) is 0 Å². The summed E-state index contributed by atoms with van der Waals surface area (Å²) in [5.41, 5.74) is 0. The molecule has 0 N–H and O–H groups in total. The third-order valence-corrected chi connectivity index (χ3v) is 5.38. The van der Waals surface area contributed by atoms with Crippen LogP contribution in [0.4, 0.5) is 0 Å². The van der Waals surface area contributed by atoms with Crippen LogP contribution >= 0.6 is 0 Å². The number of methoxy groups -OCH3 is 1. The van der Waals surface area contributed by atoms with Crippen LogP contribution in [0, 0.1) is 0 Å². The van der Waals surface area contributed by atoms with Gasteiger partial charge < -0.3 is 14.4 Å². The molecule has 2 bridgehead atoms. The summed E-state index contributed by atoms with van der Waals surface area (Å²) in [5, 5.41) is 2.39. The van der Waals surface area contributed by atoms with Crippen molar-refractivity contribution in [2.24, 2.45) is 0 Å². The van der Waals surface area contributed by atoms with Gasteiger partial charge in [-0.25, -0.2) is 0 Å². The maximum Gasteiger partial charge on any atom is 0.120 e. The Hall–Kier alpha value is -1.74. The van der Waals surface area contributed by atoms with Crippen molar-refractivity contribution in [3.8, 4) is 11.5 Å². The third kappa shape index (κ3) is 2.44. The van der Waals surface area contributed by atoms with E-state index in [1.165, 1.54) is 23.6 Å². The molecule has 2 aromatic rings. The number of rotatable bonds is 3. The van der Waals surface area contributed by atoms with E-state index in [1.807, 2.05) is 6.07 Å². The smallest absolute Gasteiger partial charge is 0.120 e. The Labute approximate surface area is 131 Å². The summed E-state index contributed by atoms with van der Waals surface area (Å²) in [7, 11) is 3.97. The van der Waals surface area contributed by atoms with Gasteiger partial charge in [-0.2, -0.15) is 0 Å². The minimum absolute atomic E-state index is 0.365. The number of benzene rings is 2. The normalized spacial score (nSPS) is 28.0. The number of piperidine rings is 1. The van der Waals surface area contributed by atoms with Gasteiger partial charge in [-0.05, 0) is 67.8 Å². The van der Waals surface area contributed by atoms with Crippen molar-refractivity contribution in [1.29, 1.82) is 0 Å². The molecule has 2 aliphatic rings. The predicted octanol–water partition coefficient (Wildman–Crippen LogP) is 3.85. The van der Waals surface area contributed by atoms with Crippen molar-refractivity contribution >= 4 is 10.8 Å². The second kappa shape index (κ2) is 5.47. The molecule has 2 fully saturated rings. The lowest BCUT2D eigenvalue weighted by Gasteiger charge is -2.36. The molecule has 116 valence electrons. The minimum atomic E-state index is 0.365. The topological polar surface area (TPSA) is 21.7 Å². The number of ether oxygens (including phenoxy) is 2. The molecule has 2 aromatic carbocycles. The highest BCUT2D eigenvalue weighted by Gasteiger charge is 2.39. The summed E-state index contributed by atoms with van der Waals surface area (Å²) < 4.78 is 11.6. The Balaban J connectivity index is 1.52. The lowest BCUT2D eigenvalue weighted by molar-refractivity contribution is 0.0662. The highest BCUT2D eigenvalue weighted by molar-refractivity contribution is 5.85. The Kier molecular flexibility index (Phi) is 3.45. The summed E-state index contributed by atoms with van der Waals surface area (Å²) in [6.07, 6.45) is 5.35. The Morgan fingerprint density at radius 3 is 2.14 bits per heavy atom.